The van der Waals surface area contributed by atoms with Gasteiger partial charge < -0.3 is 0 Å². The summed E-state index contributed by atoms with van der Waals surface area (Å²) in [6.07, 6.45) is 0. The molecule has 0 unspecified atom stereocenters. The summed E-state index contributed by atoms with van der Waals surface area (Å²) < 4.78 is 31.5. The van der Waals surface area contributed by atoms with Gasteiger partial charge in [0.15, 0.2) is 4.60 Å². The molecule has 0 aliphatic rings. The summed E-state index contributed by atoms with van der Waals surface area (Å²) >= 11 is 3.99. The van der Waals surface area contributed by atoms with E-state index in [-0.39, 0.29) is 14.8 Å². The van der Waals surface area contributed by atoms with Crippen molar-refractivity contribution in [2.24, 2.45) is 7.05 Å². The minimum absolute atomic E-state index is 0.0645. The van der Waals surface area contributed by atoms with Gasteiger partial charge in [-0.15, -0.1) is 5.10 Å². The maximum absolute atomic E-state index is 12.0. The summed E-state index contributed by atoms with van der Waals surface area (Å²) in [6.45, 7) is 1.68. The van der Waals surface area contributed by atoms with Crippen LogP contribution in [0.5, 0.6) is 0 Å². The average molecular weight is 339 g/mol. The van der Waals surface area contributed by atoms with Crippen molar-refractivity contribution in [3.63, 3.8) is 0 Å². The molecule has 0 radical (unpaired) electrons. The van der Waals surface area contributed by atoms with E-state index < -0.39 is 10.0 Å². The number of halogens is 1. The molecule has 0 saturated carbocycles. The highest BCUT2D eigenvalue weighted by Crippen LogP contribution is 2.21. The molecule has 1 N–H and O–H groups in total. The van der Waals surface area contributed by atoms with Crippen molar-refractivity contribution in [2.45, 2.75) is 11.9 Å². The first-order chi connectivity index (χ1) is 7.90. The second-order valence-corrected chi connectivity index (χ2v) is 6.16. The minimum Gasteiger partial charge on any atom is -0.252 e. The molecule has 8 nitrogen and oxygen atoms in total. The van der Waals surface area contributed by atoms with E-state index in [1.54, 1.807) is 6.92 Å². The standard InChI is InChI=1S/C6H7BrN6O2S2/c1-3-8-6(16-10-3)11-17(14,15)5-4(7)9-12-13(5)2/h1-2H3,(H,8,10,11). The van der Waals surface area contributed by atoms with E-state index in [0.717, 1.165) is 16.2 Å². The van der Waals surface area contributed by atoms with Crippen molar-refractivity contribution in [3.05, 3.63) is 10.4 Å². The summed E-state index contributed by atoms with van der Waals surface area (Å²) in [7, 11) is -2.29. The second-order valence-electron chi connectivity index (χ2n) is 3.06. The third-order valence-electron chi connectivity index (χ3n) is 1.74. The van der Waals surface area contributed by atoms with Crippen LogP contribution in [0.25, 0.3) is 0 Å². The molecular formula is C6H7BrN6O2S2. The van der Waals surface area contributed by atoms with Gasteiger partial charge in [-0.05, 0) is 22.9 Å². The van der Waals surface area contributed by atoms with Crippen LogP contribution in [0.1, 0.15) is 5.82 Å². The molecule has 0 amide bonds. The van der Waals surface area contributed by atoms with Gasteiger partial charge in [-0.3, -0.25) is 4.72 Å². The number of nitrogens with zero attached hydrogens (tertiary/aromatic N) is 5. The van der Waals surface area contributed by atoms with Crippen molar-refractivity contribution in [1.82, 2.24) is 24.4 Å². The monoisotopic (exact) mass is 338 g/mol. The zero-order valence-corrected chi connectivity index (χ0v) is 12.0. The fraction of sp³-hybridized carbons (Fsp3) is 0.333. The molecule has 2 aromatic rings. The van der Waals surface area contributed by atoms with Gasteiger partial charge in [0, 0.05) is 18.6 Å². The van der Waals surface area contributed by atoms with Crippen molar-refractivity contribution < 1.29 is 8.42 Å². The normalized spacial score (nSPS) is 11.7. The van der Waals surface area contributed by atoms with E-state index in [0.29, 0.717) is 5.82 Å². The third-order valence-corrected chi connectivity index (χ3v) is 4.82. The highest BCUT2D eigenvalue weighted by molar-refractivity contribution is 9.10. The zero-order chi connectivity index (χ0) is 12.6. The molecule has 0 fully saturated rings. The predicted molar refractivity (Wildman–Crippen MR) is 64.2 cm³/mol. The number of nitrogens with one attached hydrogen (secondary N) is 1. The van der Waals surface area contributed by atoms with Crippen molar-refractivity contribution >= 4 is 42.6 Å². The topological polar surface area (TPSA) is 103 Å². The van der Waals surface area contributed by atoms with Crippen LogP contribution in [0.15, 0.2) is 9.63 Å². The van der Waals surface area contributed by atoms with Crippen LogP contribution in [0, 0.1) is 6.92 Å². The van der Waals surface area contributed by atoms with Gasteiger partial charge in [0.2, 0.25) is 10.2 Å². The van der Waals surface area contributed by atoms with Crippen molar-refractivity contribution in [1.29, 1.82) is 0 Å². The van der Waals surface area contributed by atoms with E-state index >= 15 is 0 Å². The average Bonchev–Trinajstić information content (AvgIpc) is 2.73. The molecule has 2 heterocycles. The number of rotatable bonds is 3. The fourth-order valence-electron chi connectivity index (χ4n) is 1.11. The Hall–Kier alpha value is -1.07. The summed E-state index contributed by atoms with van der Waals surface area (Å²) in [6, 6.07) is 0. The molecular weight excluding hydrogens is 332 g/mol. The maximum Gasteiger partial charge on any atom is 0.283 e. The highest BCUT2D eigenvalue weighted by Gasteiger charge is 2.25. The molecule has 2 rings (SSSR count). The largest absolute Gasteiger partial charge is 0.283 e. The molecule has 0 aliphatic carbocycles. The number of anilines is 1. The Bertz CT molecular complexity index is 628. The molecule has 0 atom stereocenters. The molecule has 2 aromatic heterocycles. The first-order valence-corrected chi connectivity index (χ1v) is 7.33. The van der Waals surface area contributed by atoms with E-state index in [2.05, 4.69) is 40.3 Å². The van der Waals surface area contributed by atoms with E-state index in [1.807, 2.05) is 0 Å². The van der Waals surface area contributed by atoms with Crippen molar-refractivity contribution in [2.75, 3.05) is 4.72 Å². The molecule has 17 heavy (non-hydrogen) atoms. The minimum atomic E-state index is -3.77. The smallest absolute Gasteiger partial charge is 0.252 e. The highest BCUT2D eigenvalue weighted by atomic mass is 79.9. The Balaban J connectivity index is 2.38. The lowest BCUT2D eigenvalue weighted by atomic mass is 10.8. The quantitative estimate of drug-likeness (QED) is 0.875. The van der Waals surface area contributed by atoms with Crippen molar-refractivity contribution in [3.8, 4) is 0 Å². The van der Waals surface area contributed by atoms with Gasteiger partial charge in [0.05, 0.1) is 0 Å². The maximum atomic E-state index is 12.0. The number of hydrogen-bond donors (Lipinski definition) is 1. The van der Waals surface area contributed by atoms with E-state index in [9.17, 15) is 8.42 Å². The molecule has 0 bridgehead atoms. The van der Waals surface area contributed by atoms with E-state index in [4.69, 9.17) is 0 Å². The fourth-order valence-corrected chi connectivity index (χ4v) is 4.01. The van der Waals surface area contributed by atoms with Crippen LogP contribution >= 0.6 is 27.5 Å². The Morgan fingerprint density at radius 2 is 2.18 bits per heavy atom. The van der Waals surface area contributed by atoms with Gasteiger partial charge >= 0.3 is 0 Å². The van der Waals surface area contributed by atoms with Gasteiger partial charge in [0.1, 0.15) is 5.82 Å². The summed E-state index contributed by atoms with van der Waals surface area (Å²) in [4.78, 5) is 3.92. The van der Waals surface area contributed by atoms with Gasteiger partial charge in [-0.25, -0.2) is 9.67 Å². The van der Waals surface area contributed by atoms with Gasteiger partial charge in [-0.2, -0.15) is 12.8 Å². The summed E-state index contributed by atoms with van der Waals surface area (Å²) in [5.74, 6) is 0.509. The Morgan fingerprint density at radius 1 is 1.47 bits per heavy atom. The Kier molecular flexibility index (Phi) is 3.14. The van der Waals surface area contributed by atoms with Crippen LogP contribution in [0.2, 0.25) is 0 Å². The predicted octanol–water partition coefficient (Wildman–Crippen LogP) is 0.538. The van der Waals surface area contributed by atoms with Crippen LogP contribution in [-0.2, 0) is 17.1 Å². The number of hydrogen-bond acceptors (Lipinski definition) is 7. The molecule has 0 aliphatic heterocycles. The Labute approximate surface area is 109 Å². The lowest BCUT2D eigenvalue weighted by molar-refractivity contribution is 0.578. The van der Waals surface area contributed by atoms with E-state index in [1.165, 1.54) is 7.05 Å². The Morgan fingerprint density at radius 3 is 2.65 bits per heavy atom. The lowest BCUT2D eigenvalue weighted by Crippen LogP contribution is -2.17. The van der Waals surface area contributed by atoms with Crippen LogP contribution < -0.4 is 4.72 Å². The van der Waals surface area contributed by atoms with Gasteiger partial charge in [-0.1, -0.05) is 5.21 Å². The molecule has 0 saturated heterocycles. The number of aryl methyl sites for hydroxylation is 2. The summed E-state index contributed by atoms with van der Waals surface area (Å²) in [5, 5.41) is 7.34. The zero-order valence-electron chi connectivity index (χ0n) is 8.75. The number of sulfonamides is 1. The molecule has 0 spiro atoms. The molecule has 0 aromatic carbocycles. The first-order valence-electron chi connectivity index (χ1n) is 4.28. The molecule has 11 heteroatoms. The van der Waals surface area contributed by atoms with Crippen LogP contribution in [0.3, 0.4) is 0 Å². The van der Waals surface area contributed by atoms with Crippen LogP contribution in [-0.4, -0.2) is 32.8 Å². The lowest BCUT2D eigenvalue weighted by Gasteiger charge is -2.03. The van der Waals surface area contributed by atoms with Crippen LogP contribution in [0.4, 0.5) is 5.13 Å². The summed E-state index contributed by atoms with van der Waals surface area (Å²) in [5.41, 5.74) is 0. The SMILES string of the molecule is Cc1nsc(NS(=O)(=O)c2c(Br)nnn2C)n1. The third kappa shape index (κ3) is 2.45. The second kappa shape index (κ2) is 4.31. The first kappa shape index (κ1) is 12.4. The molecule has 92 valence electrons. The number of aromatic nitrogens is 5. The van der Waals surface area contributed by atoms with Gasteiger partial charge in [0.25, 0.3) is 10.0 Å².